The molecule has 0 atom stereocenters. The predicted molar refractivity (Wildman–Crippen MR) is 93.8 cm³/mol. The number of amides is 2. The van der Waals surface area contributed by atoms with Crippen molar-refractivity contribution in [3.05, 3.63) is 70.2 Å². The van der Waals surface area contributed by atoms with Crippen LogP contribution < -0.4 is 10.9 Å². The molecule has 1 fully saturated rings. The highest BCUT2D eigenvalue weighted by Gasteiger charge is 2.51. The molecule has 5 heteroatoms. The third kappa shape index (κ3) is 3.29. The lowest BCUT2D eigenvalue weighted by molar-refractivity contribution is -0.124. The van der Waals surface area contributed by atoms with Gasteiger partial charge >= 0.3 is 0 Å². The van der Waals surface area contributed by atoms with E-state index < -0.39 is 5.41 Å². The van der Waals surface area contributed by atoms with Crippen LogP contribution in [0.15, 0.2) is 48.5 Å². The van der Waals surface area contributed by atoms with E-state index in [9.17, 15) is 9.59 Å². The number of hydrazine groups is 1. The third-order valence-electron chi connectivity index (χ3n) is 4.48. The molecule has 1 aliphatic rings. The maximum Gasteiger partial charge on any atom is 0.269 e. The van der Waals surface area contributed by atoms with Crippen LogP contribution in [0.25, 0.3) is 0 Å². The fourth-order valence-electron chi connectivity index (χ4n) is 2.76. The van der Waals surface area contributed by atoms with Gasteiger partial charge in [-0.3, -0.25) is 20.4 Å². The van der Waals surface area contributed by atoms with Crippen LogP contribution in [0.2, 0.25) is 5.02 Å². The van der Waals surface area contributed by atoms with E-state index in [1.807, 2.05) is 24.3 Å². The van der Waals surface area contributed by atoms with Crippen molar-refractivity contribution in [2.45, 2.75) is 31.6 Å². The molecular formula is C19H19ClN2O2. The number of rotatable bonds is 4. The molecule has 0 saturated heterocycles. The van der Waals surface area contributed by atoms with Crippen LogP contribution in [0, 0.1) is 0 Å². The summed E-state index contributed by atoms with van der Waals surface area (Å²) in [6, 6.07) is 14.6. The molecule has 3 rings (SSSR count). The van der Waals surface area contributed by atoms with Gasteiger partial charge in [-0.05, 0) is 54.7 Å². The first-order valence-corrected chi connectivity index (χ1v) is 8.39. The van der Waals surface area contributed by atoms with Crippen LogP contribution in [0.1, 0.15) is 41.3 Å². The molecule has 0 aromatic heterocycles. The van der Waals surface area contributed by atoms with Gasteiger partial charge < -0.3 is 0 Å². The van der Waals surface area contributed by atoms with Gasteiger partial charge in [0.25, 0.3) is 5.91 Å². The molecule has 0 unspecified atom stereocenters. The maximum atomic E-state index is 12.5. The topological polar surface area (TPSA) is 58.2 Å². The minimum atomic E-state index is -0.579. The summed E-state index contributed by atoms with van der Waals surface area (Å²) in [5.74, 6) is -0.531. The molecule has 124 valence electrons. The van der Waals surface area contributed by atoms with Crippen molar-refractivity contribution in [1.82, 2.24) is 10.9 Å². The molecule has 2 aromatic rings. The summed E-state index contributed by atoms with van der Waals surface area (Å²) < 4.78 is 0. The predicted octanol–water partition coefficient (Wildman–Crippen LogP) is 3.40. The molecule has 0 heterocycles. The van der Waals surface area contributed by atoms with Crippen LogP contribution >= 0.6 is 11.6 Å². The number of hydrogen-bond acceptors (Lipinski definition) is 2. The lowest BCUT2D eigenvalue weighted by atomic mass is 9.95. The summed E-state index contributed by atoms with van der Waals surface area (Å²) in [5, 5.41) is 0.603. The van der Waals surface area contributed by atoms with Crippen LogP contribution in [0.4, 0.5) is 0 Å². The Kier molecular flexibility index (Phi) is 4.58. The van der Waals surface area contributed by atoms with E-state index in [1.54, 1.807) is 24.3 Å². The van der Waals surface area contributed by atoms with Crippen LogP contribution in [-0.2, 0) is 16.6 Å². The van der Waals surface area contributed by atoms with E-state index in [4.69, 9.17) is 11.6 Å². The van der Waals surface area contributed by atoms with Gasteiger partial charge in [0.05, 0.1) is 5.41 Å². The molecule has 4 nitrogen and oxygen atoms in total. The fourth-order valence-corrected chi connectivity index (χ4v) is 2.95. The highest BCUT2D eigenvalue weighted by molar-refractivity contribution is 6.30. The summed E-state index contributed by atoms with van der Waals surface area (Å²) >= 11 is 6.01. The van der Waals surface area contributed by atoms with E-state index in [1.165, 1.54) is 0 Å². The number of aryl methyl sites for hydroxylation is 1. The average Bonchev–Trinajstić information content (AvgIpc) is 3.41. The minimum Gasteiger partial charge on any atom is -0.272 e. The number of carbonyl (C=O) groups excluding carboxylic acids is 2. The van der Waals surface area contributed by atoms with Crippen molar-refractivity contribution in [2.24, 2.45) is 0 Å². The zero-order chi connectivity index (χ0) is 17.2. The lowest BCUT2D eigenvalue weighted by Crippen LogP contribution is -2.46. The van der Waals surface area contributed by atoms with Crippen molar-refractivity contribution in [2.75, 3.05) is 0 Å². The second-order valence-electron chi connectivity index (χ2n) is 6.05. The van der Waals surface area contributed by atoms with Gasteiger partial charge in [-0.15, -0.1) is 0 Å². The van der Waals surface area contributed by atoms with Gasteiger partial charge in [0, 0.05) is 10.6 Å². The van der Waals surface area contributed by atoms with Crippen LogP contribution in [0.5, 0.6) is 0 Å². The van der Waals surface area contributed by atoms with Gasteiger partial charge in [-0.2, -0.15) is 0 Å². The molecule has 2 aromatic carbocycles. The molecular weight excluding hydrogens is 324 g/mol. The standard InChI is InChI=1S/C19H19ClN2O2/c1-2-13-6-8-14(9-7-13)17(23)21-22-18(24)19(10-11-19)15-4-3-5-16(20)12-15/h3-9,12H,2,10-11H2,1H3,(H,21,23)(H,22,24). The Bertz CT molecular complexity index is 767. The SMILES string of the molecule is CCc1ccc(C(=O)NNC(=O)C2(c3cccc(Cl)c3)CC2)cc1. The first kappa shape index (κ1) is 16.5. The quantitative estimate of drug-likeness (QED) is 0.837. The Morgan fingerprint density at radius 3 is 2.38 bits per heavy atom. The summed E-state index contributed by atoms with van der Waals surface area (Å²) in [5.41, 5.74) is 7.02. The van der Waals surface area contributed by atoms with E-state index in [2.05, 4.69) is 17.8 Å². The van der Waals surface area contributed by atoms with E-state index in [0.29, 0.717) is 10.6 Å². The van der Waals surface area contributed by atoms with Gasteiger partial charge in [0.15, 0.2) is 0 Å². The monoisotopic (exact) mass is 342 g/mol. The highest BCUT2D eigenvalue weighted by Crippen LogP contribution is 2.48. The Balaban J connectivity index is 1.63. The molecule has 24 heavy (non-hydrogen) atoms. The Morgan fingerprint density at radius 2 is 1.79 bits per heavy atom. The zero-order valence-corrected chi connectivity index (χ0v) is 14.2. The summed E-state index contributed by atoms with van der Waals surface area (Å²) in [6.07, 6.45) is 2.42. The molecule has 0 aliphatic heterocycles. The van der Waals surface area contributed by atoms with E-state index >= 15 is 0 Å². The average molecular weight is 343 g/mol. The summed E-state index contributed by atoms with van der Waals surface area (Å²) in [6.45, 7) is 2.06. The van der Waals surface area contributed by atoms with Gasteiger partial charge in [-0.1, -0.05) is 42.8 Å². The van der Waals surface area contributed by atoms with E-state index in [-0.39, 0.29) is 11.8 Å². The minimum absolute atomic E-state index is 0.205. The lowest BCUT2D eigenvalue weighted by Gasteiger charge is -2.16. The van der Waals surface area contributed by atoms with Crippen LogP contribution in [-0.4, -0.2) is 11.8 Å². The third-order valence-corrected chi connectivity index (χ3v) is 4.71. The zero-order valence-electron chi connectivity index (χ0n) is 13.4. The number of nitrogens with one attached hydrogen (secondary N) is 2. The van der Waals surface area contributed by atoms with Crippen molar-refractivity contribution in [1.29, 1.82) is 0 Å². The number of carbonyl (C=O) groups is 2. The molecule has 0 bridgehead atoms. The molecule has 1 saturated carbocycles. The van der Waals surface area contributed by atoms with Gasteiger partial charge in [-0.25, -0.2) is 0 Å². The molecule has 0 radical (unpaired) electrons. The van der Waals surface area contributed by atoms with Crippen molar-refractivity contribution >= 4 is 23.4 Å². The summed E-state index contributed by atoms with van der Waals surface area (Å²) in [7, 11) is 0. The Labute approximate surface area is 146 Å². The van der Waals surface area contributed by atoms with Crippen molar-refractivity contribution in [3.63, 3.8) is 0 Å². The van der Waals surface area contributed by atoms with Crippen LogP contribution in [0.3, 0.4) is 0 Å². The fraction of sp³-hybridized carbons (Fsp3) is 0.263. The highest BCUT2D eigenvalue weighted by atomic mass is 35.5. The second kappa shape index (κ2) is 6.65. The largest absolute Gasteiger partial charge is 0.272 e. The smallest absolute Gasteiger partial charge is 0.269 e. The summed E-state index contributed by atoms with van der Waals surface area (Å²) in [4.78, 5) is 24.6. The van der Waals surface area contributed by atoms with Crippen molar-refractivity contribution < 1.29 is 9.59 Å². The van der Waals surface area contributed by atoms with Gasteiger partial charge in [0.1, 0.15) is 0 Å². The van der Waals surface area contributed by atoms with E-state index in [0.717, 1.165) is 30.4 Å². The number of benzene rings is 2. The first-order chi connectivity index (χ1) is 11.5. The molecule has 0 spiro atoms. The molecule has 2 N–H and O–H groups in total. The molecule has 1 aliphatic carbocycles. The normalized spacial score (nSPS) is 14.8. The second-order valence-corrected chi connectivity index (χ2v) is 6.49. The first-order valence-electron chi connectivity index (χ1n) is 8.01. The Hall–Kier alpha value is -2.33. The number of hydrogen-bond donors (Lipinski definition) is 2. The molecule has 2 amide bonds. The maximum absolute atomic E-state index is 12.5. The number of halogens is 1. The van der Waals surface area contributed by atoms with Gasteiger partial charge in [0.2, 0.25) is 5.91 Å². The van der Waals surface area contributed by atoms with Crippen molar-refractivity contribution in [3.8, 4) is 0 Å². The Morgan fingerprint density at radius 1 is 1.08 bits per heavy atom.